The minimum absolute atomic E-state index is 0.330. The fourth-order valence-corrected chi connectivity index (χ4v) is 3.35. The fourth-order valence-electron chi connectivity index (χ4n) is 3.35. The maximum absolute atomic E-state index is 12.1. The number of likely N-dealkylation sites (tertiary alicyclic amines) is 1. The van der Waals surface area contributed by atoms with Crippen LogP contribution in [0, 0.1) is 12.8 Å². The van der Waals surface area contributed by atoms with Crippen LogP contribution in [-0.4, -0.2) is 42.4 Å². The first-order valence-electron chi connectivity index (χ1n) is 10.0. The van der Waals surface area contributed by atoms with Crippen LogP contribution in [0.3, 0.4) is 0 Å². The highest BCUT2D eigenvalue weighted by Crippen LogP contribution is 2.32. The highest BCUT2D eigenvalue weighted by molar-refractivity contribution is 5.81. The van der Waals surface area contributed by atoms with Crippen LogP contribution in [0.2, 0.25) is 0 Å². The summed E-state index contributed by atoms with van der Waals surface area (Å²) in [5.41, 5.74) is 2.48. The van der Waals surface area contributed by atoms with Gasteiger partial charge in [-0.1, -0.05) is 43.2 Å². The van der Waals surface area contributed by atoms with E-state index in [4.69, 9.17) is 4.99 Å². The van der Waals surface area contributed by atoms with E-state index in [2.05, 4.69) is 53.6 Å². The predicted octanol–water partition coefficient (Wildman–Crippen LogP) is 2.84. The topological polar surface area (TPSA) is 56.7 Å². The predicted molar refractivity (Wildman–Crippen MR) is 106 cm³/mol. The quantitative estimate of drug-likeness (QED) is 0.428. The Hall–Kier alpha value is -2.04. The molecule has 2 fully saturated rings. The second kappa shape index (κ2) is 9.06. The summed E-state index contributed by atoms with van der Waals surface area (Å²) in [5, 5.41) is 6.89. The molecule has 142 valence electrons. The number of unbranched alkanes of at least 4 members (excludes halogenated alkanes) is 1. The van der Waals surface area contributed by atoms with Gasteiger partial charge in [0.15, 0.2) is 5.96 Å². The van der Waals surface area contributed by atoms with Crippen LogP contribution in [0.1, 0.15) is 50.2 Å². The number of aryl methyl sites for hydroxylation is 1. The molecule has 1 atom stereocenters. The molecular weight excluding hydrogens is 324 g/mol. The number of carbonyl (C=O) groups is 1. The lowest BCUT2D eigenvalue weighted by Crippen LogP contribution is -2.40. The molecule has 0 aromatic heterocycles. The Bertz CT molecular complexity index is 621. The zero-order chi connectivity index (χ0) is 18.4. The molecule has 1 amide bonds. The highest BCUT2D eigenvalue weighted by atomic mass is 16.2. The molecular formula is C21H32N4O. The molecule has 5 nitrogen and oxygen atoms in total. The Balaban J connectivity index is 1.52. The van der Waals surface area contributed by atoms with Gasteiger partial charge in [-0.3, -0.25) is 4.79 Å². The van der Waals surface area contributed by atoms with Crippen molar-refractivity contribution in [3.05, 3.63) is 35.4 Å². The standard InChI is InChI=1S/C21H32N4O/c1-3-4-11-22-21(23-13-17-7-5-16(2)6-8-17)24-14-18-12-20(26)25(15-18)19-9-10-19/h5-8,18-19H,3-4,9-15H2,1-2H3,(H2,22,23,24). The second-order valence-electron chi connectivity index (χ2n) is 7.66. The molecule has 1 aromatic rings. The minimum atomic E-state index is 0.330. The summed E-state index contributed by atoms with van der Waals surface area (Å²) in [6, 6.07) is 9.04. The molecule has 1 saturated heterocycles. The van der Waals surface area contributed by atoms with Crippen LogP contribution >= 0.6 is 0 Å². The van der Waals surface area contributed by atoms with E-state index in [1.807, 2.05) is 0 Å². The maximum Gasteiger partial charge on any atom is 0.223 e. The largest absolute Gasteiger partial charge is 0.356 e. The first-order valence-corrected chi connectivity index (χ1v) is 10.0. The first-order chi connectivity index (χ1) is 12.7. The van der Waals surface area contributed by atoms with E-state index in [1.165, 1.54) is 24.0 Å². The van der Waals surface area contributed by atoms with Crippen molar-refractivity contribution in [2.24, 2.45) is 10.9 Å². The summed E-state index contributed by atoms with van der Waals surface area (Å²) >= 11 is 0. The van der Waals surface area contributed by atoms with E-state index in [9.17, 15) is 4.79 Å². The SMILES string of the molecule is CCCCNC(=NCc1ccc(C)cc1)NCC1CC(=O)N(C2CC2)C1. The number of nitrogens with zero attached hydrogens (tertiary/aromatic N) is 2. The average Bonchev–Trinajstić information content (AvgIpc) is 3.41. The van der Waals surface area contributed by atoms with Crippen molar-refractivity contribution in [2.45, 2.75) is 58.5 Å². The summed E-state index contributed by atoms with van der Waals surface area (Å²) in [6.45, 7) is 7.58. The van der Waals surface area contributed by atoms with Crippen molar-refractivity contribution in [1.82, 2.24) is 15.5 Å². The number of amides is 1. The molecule has 1 aliphatic carbocycles. The van der Waals surface area contributed by atoms with E-state index in [0.717, 1.165) is 38.4 Å². The van der Waals surface area contributed by atoms with Crippen molar-refractivity contribution in [1.29, 1.82) is 0 Å². The third kappa shape index (κ3) is 5.48. The van der Waals surface area contributed by atoms with Crippen molar-refractivity contribution in [3.63, 3.8) is 0 Å². The molecule has 2 N–H and O–H groups in total. The van der Waals surface area contributed by atoms with E-state index >= 15 is 0 Å². The molecule has 1 unspecified atom stereocenters. The Morgan fingerprint density at radius 1 is 1.23 bits per heavy atom. The Morgan fingerprint density at radius 3 is 2.69 bits per heavy atom. The van der Waals surface area contributed by atoms with E-state index in [0.29, 0.717) is 30.8 Å². The van der Waals surface area contributed by atoms with Crippen molar-refractivity contribution >= 4 is 11.9 Å². The number of aliphatic imine (C=N–C) groups is 1. The smallest absolute Gasteiger partial charge is 0.223 e. The van der Waals surface area contributed by atoms with Gasteiger partial charge < -0.3 is 15.5 Å². The molecule has 2 aliphatic rings. The van der Waals surface area contributed by atoms with Gasteiger partial charge >= 0.3 is 0 Å². The van der Waals surface area contributed by atoms with Gasteiger partial charge in [0.25, 0.3) is 0 Å². The van der Waals surface area contributed by atoms with Gasteiger partial charge in [-0.2, -0.15) is 0 Å². The summed E-state index contributed by atoms with van der Waals surface area (Å²) in [7, 11) is 0. The third-order valence-electron chi connectivity index (χ3n) is 5.15. The van der Waals surface area contributed by atoms with Crippen LogP contribution in [0.4, 0.5) is 0 Å². The molecule has 1 aromatic carbocycles. The molecule has 26 heavy (non-hydrogen) atoms. The summed E-state index contributed by atoms with van der Waals surface area (Å²) in [5.74, 6) is 1.58. The number of hydrogen-bond donors (Lipinski definition) is 2. The summed E-state index contributed by atoms with van der Waals surface area (Å²) in [6.07, 6.45) is 5.33. The van der Waals surface area contributed by atoms with E-state index in [1.54, 1.807) is 0 Å². The van der Waals surface area contributed by atoms with Gasteiger partial charge in [0, 0.05) is 38.0 Å². The monoisotopic (exact) mass is 356 g/mol. The molecule has 1 saturated carbocycles. The molecule has 0 bridgehead atoms. The number of guanidine groups is 1. The Morgan fingerprint density at radius 2 is 2.00 bits per heavy atom. The molecule has 5 heteroatoms. The zero-order valence-electron chi connectivity index (χ0n) is 16.1. The number of benzene rings is 1. The molecule has 1 heterocycles. The van der Waals surface area contributed by atoms with Crippen molar-refractivity contribution in [2.75, 3.05) is 19.6 Å². The van der Waals surface area contributed by atoms with Crippen LogP contribution in [-0.2, 0) is 11.3 Å². The Kier molecular flexibility index (Phi) is 6.53. The number of nitrogens with one attached hydrogen (secondary N) is 2. The fraction of sp³-hybridized carbons (Fsp3) is 0.619. The van der Waals surface area contributed by atoms with Gasteiger partial charge in [0.2, 0.25) is 5.91 Å². The van der Waals surface area contributed by atoms with Gasteiger partial charge in [0.05, 0.1) is 6.54 Å². The summed E-state index contributed by atoms with van der Waals surface area (Å²) < 4.78 is 0. The maximum atomic E-state index is 12.1. The minimum Gasteiger partial charge on any atom is -0.356 e. The molecule has 3 rings (SSSR count). The van der Waals surface area contributed by atoms with E-state index in [-0.39, 0.29) is 0 Å². The Labute approximate surface area is 157 Å². The average molecular weight is 357 g/mol. The van der Waals surface area contributed by atoms with Crippen molar-refractivity contribution in [3.8, 4) is 0 Å². The van der Waals surface area contributed by atoms with Crippen LogP contribution in [0.5, 0.6) is 0 Å². The lowest BCUT2D eigenvalue weighted by atomic mass is 10.1. The van der Waals surface area contributed by atoms with Gasteiger partial charge in [-0.05, 0) is 31.7 Å². The lowest BCUT2D eigenvalue weighted by molar-refractivity contribution is -0.128. The number of hydrogen-bond acceptors (Lipinski definition) is 2. The third-order valence-corrected chi connectivity index (χ3v) is 5.15. The zero-order valence-corrected chi connectivity index (χ0v) is 16.1. The van der Waals surface area contributed by atoms with Crippen LogP contribution in [0.25, 0.3) is 0 Å². The van der Waals surface area contributed by atoms with Gasteiger partial charge in [0.1, 0.15) is 0 Å². The number of carbonyl (C=O) groups excluding carboxylic acids is 1. The first kappa shape index (κ1) is 18.7. The second-order valence-corrected chi connectivity index (χ2v) is 7.66. The highest BCUT2D eigenvalue weighted by Gasteiger charge is 2.39. The molecule has 0 spiro atoms. The normalized spacial score (nSPS) is 20.5. The van der Waals surface area contributed by atoms with Crippen molar-refractivity contribution < 1.29 is 4.79 Å². The van der Waals surface area contributed by atoms with Gasteiger partial charge in [-0.25, -0.2) is 4.99 Å². The van der Waals surface area contributed by atoms with Crippen LogP contribution < -0.4 is 10.6 Å². The van der Waals surface area contributed by atoms with Gasteiger partial charge in [-0.15, -0.1) is 0 Å². The summed E-state index contributed by atoms with van der Waals surface area (Å²) in [4.78, 5) is 18.9. The number of rotatable bonds is 8. The lowest BCUT2D eigenvalue weighted by Gasteiger charge is -2.17. The molecule has 1 aliphatic heterocycles. The molecule has 0 radical (unpaired) electrons. The van der Waals surface area contributed by atoms with Crippen LogP contribution in [0.15, 0.2) is 29.3 Å². The van der Waals surface area contributed by atoms with E-state index < -0.39 is 0 Å².